The molecule has 3 rings (SSSR count). The Morgan fingerprint density at radius 1 is 1.25 bits per heavy atom. The smallest absolute Gasteiger partial charge is 0.152 e. The van der Waals surface area contributed by atoms with Crippen LogP contribution in [0.3, 0.4) is 0 Å². The zero-order valence-corrected chi connectivity index (χ0v) is 12.1. The van der Waals surface area contributed by atoms with Crippen LogP contribution in [0.25, 0.3) is 22.1 Å². The molecule has 0 fully saturated rings. The summed E-state index contributed by atoms with van der Waals surface area (Å²) >= 11 is 0. The van der Waals surface area contributed by atoms with E-state index >= 15 is 0 Å². The van der Waals surface area contributed by atoms with E-state index in [1.807, 2.05) is 12.1 Å². The number of imidazole rings is 1. The maximum Gasteiger partial charge on any atom is 0.152 e. The first-order valence-corrected chi connectivity index (χ1v) is 7.01. The number of nitrogen functional groups attached to an aromatic ring is 1. The average Bonchev–Trinajstić information content (AvgIpc) is 2.78. The van der Waals surface area contributed by atoms with Crippen molar-refractivity contribution in [3.8, 4) is 0 Å². The molecule has 0 spiro atoms. The summed E-state index contributed by atoms with van der Waals surface area (Å²) in [6.45, 7) is 7.42. The Hall–Kier alpha value is -2.17. The van der Waals surface area contributed by atoms with Crippen molar-refractivity contribution in [1.29, 1.82) is 0 Å². The maximum absolute atomic E-state index is 6.08. The number of aryl methyl sites for hydroxylation is 1. The molecule has 104 valence electrons. The molecule has 2 N–H and O–H groups in total. The Balaban J connectivity index is 2.44. The van der Waals surface area contributed by atoms with Crippen LogP contribution in [-0.2, 0) is 13.0 Å². The molecule has 3 aromatic heterocycles. The molecule has 20 heavy (non-hydrogen) atoms. The van der Waals surface area contributed by atoms with E-state index in [-0.39, 0.29) is 0 Å². The summed E-state index contributed by atoms with van der Waals surface area (Å²) in [5.74, 6) is 2.06. The third kappa shape index (κ3) is 1.90. The summed E-state index contributed by atoms with van der Waals surface area (Å²) in [5.41, 5.74) is 9.56. The van der Waals surface area contributed by atoms with E-state index < -0.39 is 0 Å². The highest BCUT2D eigenvalue weighted by Crippen LogP contribution is 2.28. The molecule has 5 nitrogen and oxygen atoms in total. The van der Waals surface area contributed by atoms with Crippen LogP contribution in [-0.4, -0.2) is 19.5 Å². The second kappa shape index (κ2) is 4.74. The molecule has 0 bridgehead atoms. The van der Waals surface area contributed by atoms with E-state index in [0.717, 1.165) is 40.9 Å². The van der Waals surface area contributed by atoms with Gasteiger partial charge in [-0.25, -0.2) is 9.97 Å². The molecule has 0 saturated carbocycles. The summed E-state index contributed by atoms with van der Waals surface area (Å²) in [6.07, 6.45) is 2.66. The molecule has 0 atom stereocenters. The Kier molecular flexibility index (Phi) is 3.04. The Morgan fingerprint density at radius 3 is 2.75 bits per heavy atom. The number of pyridine rings is 2. The van der Waals surface area contributed by atoms with Crippen LogP contribution < -0.4 is 5.73 Å². The van der Waals surface area contributed by atoms with Crippen molar-refractivity contribution in [2.75, 3.05) is 5.73 Å². The van der Waals surface area contributed by atoms with E-state index in [1.165, 1.54) is 0 Å². The van der Waals surface area contributed by atoms with E-state index in [2.05, 4.69) is 40.3 Å². The highest BCUT2D eigenvalue weighted by molar-refractivity contribution is 6.04. The van der Waals surface area contributed by atoms with Gasteiger partial charge in [0.25, 0.3) is 0 Å². The van der Waals surface area contributed by atoms with Gasteiger partial charge in [0.05, 0.1) is 5.52 Å². The normalized spacial score (nSPS) is 11.8. The topological polar surface area (TPSA) is 69.6 Å². The number of anilines is 1. The van der Waals surface area contributed by atoms with Crippen molar-refractivity contribution in [3.63, 3.8) is 0 Å². The molecule has 3 heterocycles. The molecule has 0 aliphatic carbocycles. The third-order valence-corrected chi connectivity index (χ3v) is 3.40. The average molecular weight is 269 g/mol. The van der Waals surface area contributed by atoms with Gasteiger partial charge < -0.3 is 10.3 Å². The summed E-state index contributed by atoms with van der Waals surface area (Å²) in [4.78, 5) is 13.6. The van der Waals surface area contributed by atoms with Crippen LogP contribution in [0.2, 0.25) is 0 Å². The van der Waals surface area contributed by atoms with Gasteiger partial charge in [-0.1, -0.05) is 20.8 Å². The Labute approximate surface area is 117 Å². The first-order chi connectivity index (χ1) is 9.61. The Bertz CT molecular complexity index is 773. The van der Waals surface area contributed by atoms with E-state index in [1.54, 1.807) is 6.20 Å². The number of nitrogens with two attached hydrogens (primary N) is 1. The predicted octanol–water partition coefficient (Wildman–Crippen LogP) is 2.78. The molecule has 0 aliphatic rings. The monoisotopic (exact) mass is 269 g/mol. The fraction of sp³-hybridized carbons (Fsp3) is 0.400. The number of aromatic nitrogens is 4. The molecular formula is C15H19N5. The van der Waals surface area contributed by atoms with Gasteiger partial charge in [0.15, 0.2) is 5.82 Å². The lowest BCUT2D eigenvalue weighted by Crippen LogP contribution is -2.08. The maximum atomic E-state index is 6.08. The Morgan fingerprint density at radius 2 is 2.05 bits per heavy atom. The molecule has 0 amide bonds. The van der Waals surface area contributed by atoms with Crippen molar-refractivity contribution in [2.24, 2.45) is 5.92 Å². The SMILES string of the molecule is CCc1nc2c(N)nc3cccnc3c2n1CC(C)C. The van der Waals surface area contributed by atoms with Crippen molar-refractivity contribution in [2.45, 2.75) is 33.7 Å². The van der Waals surface area contributed by atoms with Gasteiger partial charge in [0.2, 0.25) is 0 Å². The van der Waals surface area contributed by atoms with Gasteiger partial charge >= 0.3 is 0 Å². The fourth-order valence-corrected chi connectivity index (χ4v) is 2.60. The van der Waals surface area contributed by atoms with Crippen LogP contribution in [0, 0.1) is 5.92 Å². The summed E-state index contributed by atoms with van der Waals surface area (Å²) < 4.78 is 2.24. The van der Waals surface area contributed by atoms with Crippen LogP contribution in [0.4, 0.5) is 5.82 Å². The minimum atomic E-state index is 0.484. The van der Waals surface area contributed by atoms with Gasteiger partial charge in [-0.2, -0.15) is 0 Å². The molecule has 0 unspecified atom stereocenters. The van der Waals surface area contributed by atoms with Crippen LogP contribution in [0.15, 0.2) is 18.3 Å². The van der Waals surface area contributed by atoms with Gasteiger partial charge in [-0.15, -0.1) is 0 Å². The first-order valence-electron chi connectivity index (χ1n) is 7.01. The van der Waals surface area contributed by atoms with Crippen molar-refractivity contribution in [3.05, 3.63) is 24.2 Å². The zero-order chi connectivity index (χ0) is 14.3. The fourth-order valence-electron chi connectivity index (χ4n) is 2.60. The lowest BCUT2D eigenvalue weighted by Gasteiger charge is -2.11. The van der Waals surface area contributed by atoms with Gasteiger partial charge in [0.1, 0.15) is 22.4 Å². The van der Waals surface area contributed by atoms with E-state index in [0.29, 0.717) is 11.7 Å². The number of hydrogen-bond donors (Lipinski definition) is 1. The van der Waals surface area contributed by atoms with Gasteiger partial charge in [-0.05, 0) is 18.1 Å². The highest BCUT2D eigenvalue weighted by atomic mass is 15.1. The number of rotatable bonds is 3. The predicted molar refractivity (Wildman–Crippen MR) is 81.5 cm³/mol. The van der Waals surface area contributed by atoms with Crippen molar-refractivity contribution in [1.82, 2.24) is 19.5 Å². The minimum absolute atomic E-state index is 0.484. The molecular weight excluding hydrogens is 250 g/mol. The van der Waals surface area contributed by atoms with E-state index in [4.69, 9.17) is 5.73 Å². The summed E-state index contributed by atoms with van der Waals surface area (Å²) in [5, 5.41) is 0. The van der Waals surface area contributed by atoms with Crippen molar-refractivity contribution < 1.29 is 0 Å². The standard InChI is InChI=1S/C15H19N5/c1-4-11-19-13-14(20(11)8-9(2)3)12-10(18-15(13)16)6-5-7-17-12/h5-7,9H,4,8H2,1-3H3,(H2,16,18). The summed E-state index contributed by atoms with van der Waals surface area (Å²) in [7, 11) is 0. The molecule has 0 aliphatic heterocycles. The van der Waals surface area contributed by atoms with E-state index in [9.17, 15) is 0 Å². The third-order valence-electron chi connectivity index (χ3n) is 3.40. The van der Waals surface area contributed by atoms with Crippen LogP contribution >= 0.6 is 0 Å². The molecule has 3 aromatic rings. The highest BCUT2D eigenvalue weighted by Gasteiger charge is 2.17. The molecule has 0 saturated heterocycles. The first kappa shape index (κ1) is 12.8. The molecule has 0 radical (unpaired) electrons. The lowest BCUT2D eigenvalue weighted by molar-refractivity contribution is 0.519. The second-order valence-electron chi connectivity index (χ2n) is 5.45. The molecule has 0 aromatic carbocycles. The van der Waals surface area contributed by atoms with Gasteiger partial charge in [0, 0.05) is 19.2 Å². The lowest BCUT2D eigenvalue weighted by atomic mass is 10.2. The number of fused-ring (bicyclic) bond motifs is 3. The molecule has 5 heteroatoms. The number of hydrogen-bond acceptors (Lipinski definition) is 4. The van der Waals surface area contributed by atoms with Gasteiger partial charge in [-0.3, -0.25) is 4.98 Å². The zero-order valence-electron chi connectivity index (χ0n) is 12.1. The van der Waals surface area contributed by atoms with Crippen LogP contribution in [0.5, 0.6) is 0 Å². The second-order valence-corrected chi connectivity index (χ2v) is 5.45. The number of nitrogens with zero attached hydrogens (tertiary/aromatic N) is 4. The quantitative estimate of drug-likeness (QED) is 0.793. The largest absolute Gasteiger partial charge is 0.382 e. The van der Waals surface area contributed by atoms with Crippen molar-refractivity contribution >= 4 is 27.9 Å². The summed E-state index contributed by atoms with van der Waals surface area (Å²) in [6, 6.07) is 3.82. The van der Waals surface area contributed by atoms with Crippen LogP contribution in [0.1, 0.15) is 26.6 Å². The minimum Gasteiger partial charge on any atom is -0.382 e.